The number of carbonyl (C=O) groups is 2. The molecule has 1 N–H and O–H groups in total. The van der Waals surface area contributed by atoms with Gasteiger partial charge in [0.05, 0.1) is 16.8 Å². The molecule has 1 aliphatic carbocycles. The van der Waals surface area contributed by atoms with Gasteiger partial charge in [0.2, 0.25) is 5.91 Å². The van der Waals surface area contributed by atoms with Crippen molar-refractivity contribution in [3.63, 3.8) is 0 Å². The fraction of sp³-hybridized carbons (Fsp3) is 0.200. The quantitative estimate of drug-likeness (QED) is 0.296. The van der Waals surface area contributed by atoms with E-state index in [1.54, 1.807) is 29.2 Å². The van der Waals surface area contributed by atoms with Crippen molar-refractivity contribution < 1.29 is 32.6 Å². The summed E-state index contributed by atoms with van der Waals surface area (Å²) in [6, 6.07) is 13.6. The number of carbonyl (C=O) groups excluding carboxylic acids is 1. The molecule has 0 saturated carbocycles. The van der Waals surface area contributed by atoms with Crippen LogP contribution in [0, 0.1) is 6.92 Å². The summed E-state index contributed by atoms with van der Waals surface area (Å²) in [5.41, 5.74) is 2.58. The van der Waals surface area contributed by atoms with Crippen LogP contribution in [0.25, 0.3) is 16.9 Å². The number of aromatic carboxylic acids is 1. The highest BCUT2D eigenvalue weighted by atomic mass is 79.9. The molecule has 1 fully saturated rings. The van der Waals surface area contributed by atoms with Crippen LogP contribution < -0.4 is 9.64 Å². The predicted molar refractivity (Wildman–Crippen MR) is 149 cm³/mol. The van der Waals surface area contributed by atoms with Crippen LogP contribution in [0.4, 0.5) is 18.9 Å². The average Bonchev–Trinajstić information content (AvgIpc) is 3.49. The van der Waals surface area contributed by atoms with E-state index in [1.165, 1.54) is 12.1 Å². The average molecular weight is 613 g/mol. The van der Waals surface area contributed by atoms with Crippen LogP contribution in [0.2, 0.25) is 0 Å². The van der Waals surface area contributed by atoms with Crippen LogP contribution >= 0.6 is 15.9 Å². The van der Waals surface area contributed by atoms with Gasteiger partial charge in [0.1, 0.15) is 29.8 Å². The number of amides is 1. The van der Waals surface area contributed by atoms with E-state index >= 15 is 0 Å². The van der Waals surface area contributed by atoms with Crippen molar-refractivity contribution in [1.82, 2.24) is 4.57 Å². The second kappa shape index (κ2) is 11.2. The molecule has 2 aliphatic rings. The lowest BCUT2D eigenvalue weighted by atomic mass is 10.1. The maximum Gasteiger partial charge on any atom is 0.335 e. The van der Waals surface area contributed by atoms with Crippen LogP contribution in [-0.4, -0.2) is 34.7 Å². The second-order valence-corrected chi connectivity index (χ2v) is 10.4. The number of carboxylic acid groups (broad SMARTS) is 1. The number of aromatic nitrogens is 1. The normalized spacial score (nSPS) is 15.7. The minimum atomic E-state index is -1.13. The van der Waals surface area contributed by atoms with Crippen molar-refractivity contribution in [2.75, 3.05) is 18.1 Å². The largest absolute Gasteiger partial charge is 0.488 e. The summed E-state index contributed by atoms with van der Waals surface area (Å²) in [5, 5.41) is 9.81. The van der Waals surface area contributed by atoms with Crippen molar-refractivity contribution in [3.05, 3.63) is 99.5 Å². The Morgan fingerprint density at radius 1 is 1.07 bits per heavy atom. The molecule has 1 aromatic heterocycles. The number of carboxylic acids is 1. The van der Waals surface area contributed by atoms with Gasteiger partial charge in [-0.05, 0) is 68.0 Å². The first-order valence-electron chi connectivity index (χ1n) is 12.5. The lowest BCUT2D eigenvalue weighted by Crippen LogP contribution is -2.24. The van der Waals surface area contributed by atoms with E-state index in [9.17, 15) is 27.9 Å². The molecule has 0 atom stereocenters. The Labute approximate surface area is 236 Å². The van der Waals surface area contributed by atoms with Crippen molar-refractivity contribution in [2.45, 2.75) is 26.2 Å². The number of hydrogen-bond acceptors (Lipinski definition) is 3. The second-order valence-electron chi connectivity index (χ2n) is 9.49. The monoisotopic (exact) mass is 612 g/mol. The number of rotatable bonds is 7. The van der Waals surface area contributed by atoms with Gasteiger partial charge in [-0.2, -0.15) is 0 Å². The molecule has 0 bridgehead atoms. The van der Waals surface area contributed by atoms with Crippen LogP contribution in [0.3, 0.4) is 0 Å². The summed E-state index contributed by atoms with van der Waals surface area (Å²) in [5.74, 6) is -3.64. The van der Waals surface area contributed by atoms with E-state index < -0.39 is 35.6 Å². The fourth-order valence-electron chi connectivity index (χ4n) is 4.84. The standard InChI is InChI=1S/C30H24BrF3N2O4/c1-17-4-8-27(36(17)22-12-18(30(38)39)11-21(15-22)35-10-2-3-29(35)37)23-13-19(31)5-9-28(23)40-16-24-25(33)7-6-20(32)14-26(24)34/h4-5,7-9,11-15H,2-3,6,10,16H2,1H3,(H,38,39). The van der Waals surface area contributed by atoms with Gasteiger partial charge in [-0.25, -0.2) is 18.0 Å². The minimum Gasteiger partial charge on any atom is -0.488 e. The number of halogens is 4. The van der Waals surface area contributed by atoms with E-state index in [0.29, 0.717) is 58.3 Å². The lowest BCUT2D eigenvalue weighted by Gasteiger charge is -2.20. The first-order valence-corrected chi connectivity index (χ1v) is 13.3. The summed E-state index contributed by atoms with van der Waals surface area (Å²) in [7, 11) is 0. The van der Waals surface area contributed by atoms with Gasteiger partial charge in [-0.15, -0.1) is 0 Å². The summed E-state index contributed by atoms with van der Waals surface area (Å²) >= 11 is 3.46. The molecule has 40 heavy (non-hydrogen) atoms. The number of nitrogens with zero attached hydrogens (tertiary/aromatic N) is 2. The SMILES string of the molecule is Cc1ccc(-c2cc(Br)ccc2OCC2=C(F)C=C(F)CC=C2F)n1-c1cc(C(=O)O)cc(N2CCCC2=O)c1. The number of hydrogen-bond donors (Lipinski definition) is 1. The molecule has 1 amide bonds. The van der Waals surface area contributed by atoms with Crippen LogP contribution in [-0.2, 0) is 4.79 Å². The maximum absolute atomic E-state index is 14.5. The van der Waals surface area contributed by atoms with Crippen molar-refractivity contribution in [1.29, 1.82) is 0 Å². The molecule has 1 saturated heterocycles. The third-order valence-corrected chi connectivity index (χ3v) is 7.29. The Morgan fingerprint density at radius 3 is 2.58 bits per heavy atom. The zero-order valence-electron chi connectivity index (χ0n) is 21.4. The molecule has 6 nitrogen and oxygen atoms in total. The van der Waals surface area contributed by atoms with Crippen LogP contribution in [0.5, 0.6) is 5.75 Å². The van der Waals surface area contributed by atoms with Gasteiger partial charge in [0, 0.05) is 52.6 Å². The number of ether oxygens (including phenoxy) is 1. The Kier molecular flexibility index (Phi) is 7.71. The van der Waals surface area contributed by atoms with Crippen LogP contribution in [0.15, 0.2) is 88.2 Å². The molecule has 2 heterocycles. The van der Waals surface area contributed by atoms with Crippen molar-refractivity contribution in [3.8, 4) is 22.7 Å². The van der Waals surface area contributed by atoms with Gasteiger partial charge >= 0.3 is 5.97 Å². The van der Waals surface area contributed by atoms with E-state index in [4.69, 9.17) is 4.74 Å². The zero-order chi connectivity index (χ0) is 28.6. The highest BCUT2D eigenvalue weighted by Crippen LogP contribution is 2.38. The Morgan fingerprint density at radius 2 is 1.85 bits per heavy atom. The molecule has 0 spiro atoms. The molecule has 3 aromatic rings. The van der Waals surface area contributed by atoms with Gasteiger partial charge in [-0.1, -0.05) is 15.9 Å². The fourth-order valence-corrected chi connectivity index (χ4v) is 5.20. The van der Waals surface area contributed by atoms with Crippen molar-refractivity contribution >= 4 is 33.5 Å². The van der Waals surface area contributed by atoms with Gasteiger partial charge in [0.25, 0.3) is 0 Å². The molecule has 10 heteroatoms. The summed E-state index contributed by atoms with van der Waals surface area (Å²) in [4.78, 5) is 26.0. The van der Waals surface area contributed by atoms with Crippen molar-refractivity contribution in [2.24, 2.45) is 0 Å². The number of aryl methyl sites for hydroxylation is 1. The summed E-state index contributed by atoms with van der Waals surface area (Å²) in [6.07, 6.45) is 2.35. The van der Waals surface area contributed by atoms with Gasteiger partial charge < -0.3 is 19.3 Å². The Balaban J connectivity index is 1.59. The number of anilines is 1. The molecule has 1 aliphatic heterocycles. The Hall–Kier alpha value is -4.05. The van der Waals surface area contributed by atoms with E-state index in [0.717, 1.165) is 11.8 Å². The molecule has 0 radical (unpaired) electrons. The zero-order valence-corrected chi connectivity index (χ0v) is 23.0. The first kappa shape index (κ1) is 27.5. The molecule has 2 aromatic carbocycles. The first-order chi connectivity index (χ1) is 19.1. The van der Waals surface area contributed by atoms with Gasteiger partial charge in [-0.3, -0.25) is 4.79 Å². The molecular weight excluding hydrogens is 589 g/mol. The van der Waals surface area contributed by atoms with E-state index in [1.807, 2.05) is 23.6 Å². The summed E-state index contributed by atoms with van der Waals surface area (Å²) in [6.45, 7) is 1.86. The number of benzene rings is 2. The predicted octanol–water partition coefficient (Wildman–Crippen LogP) is 7.75. The topological polar surface area (TPSA) is 71.8 Å². The van der Waals surface area contributed by atoms with E-state index in [2.05, 4.69) is 15.9 Å². The maximum atomic E-state index is 14.5. The third kappa shape index (κ3) is 5.49. The molecule has 0 unspecified atom stereocenters. The minimum absolute atomic E-state index is 0.0234. The third-order valence-electron chi connectivity index (χ3n) is 6.79. The molecule has 5 rings (SSSR count). The molecular formula is C30H24BrF3N2O4. The van der Waals surface area contributed by atoms with Crippen LogP contribution in [0.1, 0.15) is 35.3 Å². The van der Waals surface area contributed by atoms with Gasteiger partial charge in [0.15, 0.2) is 0 Å². The molecule has 206 valence electrons. The number of allylic oxidation sites excluding steroid dienone is 4. The Bertz CT molecular complexity index is 1620. The highest BCUT2D eigenvalue weighted by Gasteiger charge is 2.25. The smallest absolute Gasteiger partial charge is 0.335 e. The summed E-state index contributed by atoms with van der Waals surface area (Å²) < 4.78 is 51.1. The lowest BCUT2D eigenvalue weighted by molar-refractivity contribution is -0.117. The van der Waals surface area contributed by atoms with E-state index in [-0.39, 0.29) is 17.9 Å². The highest BCUT2D eigenvalue weighted by molar-refractivity contribution is 9.10.